The summed E-state index contributed by atoms with van der Waals surface area (Å²) in [4.78, 5) is 10.8. The molecule has 4 aromatic rings. The highest BCUT2D eigenvalue weighted by molar-refractivity contribution is 5.84. The lowest BCUT2D eigenvalue weighted by molar-refractivity contribution is -0.136. The third-order valence-corrected chi connectivity index (χ3v) is 7.93. The molecule has 0 atom stereocenters. The Labute approximate surface area is 252 Å². The van der Waals surface area contributed by atoms with E-state index >= 15 is 8.78 Å². The number of halogens is 2. The average molecular weight is 588 g/mol. The topological polar surface area (TPSA) is 67.8 Å². The van der Waals surface area contributed by atoms with E-state index in [1.807, 2.05) is 62.4 Å². The Morgan fingerprint density at radius 1 is 0.791 bits per heavy atom. The van der Waals surface area contributed by atoms with Gasteiger partial charge in [0.15, 0.2) is 0 Å². The molecule has 0 saturated heterocycles. The van der Waals surface area contributed by atoms with E-state index in [2.05, 4.69) is 12.2 Å². The van der Waals surface area contributed by atoms with Gasteiger partial charge in [-0.05, 0) is 95.5 Å². The fraction of sp³-hybridized carbons (Fsp3) is 0.306. The number of carboxylic acid groups (broad SMARTS) is 1. The monoisotopic (exact) mass is 587 g/mol. The minimum atomic E-state index is -0.918. The smallest absolute Gasteiger partial charge is 0.304 e. The van der Waals surface area contributed by atoms with E-state index < -0.39 is 11.8 Å². The molecular formula is C36H39F2NO4. The Balaban J connectivity index is 1.72. The maximum absolute atomic E-state index is 15.3. The Kier molecular flexibility index (Phi) is 10.5. The van der Waals surface area contributed by atoms with Crippen molar-refractivity contribution in [2.45, 2.75) is 53.0 Å². The molecule has 0 aliphatic heterocycles. The summed E-state index contributed by atoms with van der Waals surface area (Å²) in [7, 11) is 3.07. The van der Waals surface area contributed by atoms with Crippen LogP contribution in [-0.4, -0.2) is 31.8 Å². The molecule has 4 rings (SSSR count). The van der Waals surface area contributed by atoms with Crippen LogP contribution in [0.2, 0.25) is 0 Å². The third kappa shape index (κ3) is 7.05. The summed E-state index contributed by atoms with van der Waals surface area (Å²) in [6.07, 6.45) is 2.43. The first-order valence-electron chi connectivity index (χ1n) is 14.6. The van der Waals surface area contributed by atoms with E-state index in [9.17, 15) is 4.79 Å². The number of carbonyl (C=O) groups is 1. The molecule has 0 fully saturated rings. The van der Waals surface area contributed by atoms with Crippen LogP contribution in [0, 0.1) is 25.5 Å². The summed E-state index contributed by atoms with van der Waals surface area (Å²) < 4.78 is 41.7. The molecule has 0 heterocycles. The van der Waals surface area contributed by atoms with Crippen LogP contribution in [0.3, 0.4) is 0 Å². The third-order valence-electron chi connectivity index (χ3n) is 7.93. The molecule has 0 unspecified atom stereocenters. The maximum atomic E-state index is 15.3. The minimum absolute atomic E-state index is 0.0542. The summed E-state index contributed by atoms with van der Waals surface area (Å²) >= 11 is 0. The average Bonchev–Trinajstić information content (AvgIpc) is 2.99. The van der Waals surface area contributed by atoms with E-state index in [4.69, 9.17) is 14.6 Å². The van der Waals surface area contributed by atoms with Gasteiger partial charge in [0.2, 0.25) is 0 Å². The molecule has 5 nitrogen and oxygen atoms in total. The summed E-state index contributed by atoms with van der Waals surface area (Å²) in [5.41, 5.74) is 8.10. The van der Waals surface area contributed by atoms with Gasteiger partial charge >= 0.3 is 5.97 Å². The second-order valence-corrected chi connectivity index (χ2v) is 10.7. The van der Waals surface area contributed by atoms with Gasteiger partial charge in [0.25, 0.3) is 0 Å². The first kappa shape index (κ1) is 31.7. The summed E-state index contributed by atoms with van der Waals surface area (Å²) in [6.45, 7) is 6.49. The zero-order valence-corrected chi connectivity index (χ0v) is 25.4. The number of nitrogens with one attached hydrogen (secondary N) is 1. The quantitative estimate of drug-likeness (QED) is 0.154. The van der Waals surface area contributed by atoms with Crippen LogP contribution < -0.4 is 14.8 Å². The van der Waals surface area contributed by atoms with Crippen LogP contribution in [0.4, 0.5) is 8.78 Å². The molecule has 0 aliphatic carbocycles. The first-order chi connectivity index (χ1) is 20.7. The molecule has 7 heteroatoms. The number of hydrogen-bond donors (Lipinski definition) is 2. The molecule has 0 spiro atoms. The minimum Gasteiger partial charge on any atom is -0.496 e. The number of benzene rings is 4. The highest BCUT2D eigenvalue weighted by atomic mass is 19.1. The van der Waals surface area contributed by atoms with Crippen molar-refractivity contribution in [2.75, 3.05) is 20.8 Å². The molecule has 0 aromatic heterocycles. The zero-order chi connectivity index (χ0) is 31.1. The van der Waals surface area contributed by atoms with Gasteiger partial charge < -0.3 is 19.9 Å². The number of ether oxygens (including phenoxy) is 2. The Hall–Kier alpha value is -4.23. The lowest BCUT2D eigenvalue weighted by Gasteiger charge is -2.18. The van der Waals surface area contributed by atoms with Crippen molar-refractivity contribution in [3.8, 4) is 44.9 Å². The van der Waals surface area contributed by atoms with Crippen LogP contribution in [-0.2, 0) is 17.8 Å². The Bertz CT molecular complexity index is 1620. The van der Waals surface area contributed by atoms with Gasteiger partial charge in [-0.25, -0.2) is 8.78 Å². The van der Waals surface area contributed by atoms with E-state index in [0.717, 1.165) is 51.8 Å². The SMILES string of the molecule is CCCCc1c(F)cc(-c2cccc(-c3cccc(-c4cc(F)c(CNCCC(=O)O)c(OC)c4)c3C)c2C)cc1OC. The van der Waals surface area contributed by atoms with Crippen molar-refractivity contribution in [2.24, 2.45) is 0 Å². The van der Waals surface area contributed by atoms with Crippen LogP contribution in [0.5, 0.6) is 11.5 Å². The molecule has 2 N–H and O–H groups in total. The van der Waals surface area contributed by atoms with Crippen molar-refractivity contribution in [1.82, 2.24) is 5.32 Å². The van der Waals surface area contributed by atoms with E-state index in [1.165, 1.54) is 13.2 Å². The van der Waals surface area contributed by atoms with Gasteiger partial charge in [-0.1, -0.05) is 49.7 Å². The number of aliphatic carboxylic acids is 1. The summed E-state index contributed by atoms with van der Waals surface area (Å²) in [5.74, 6) is -0.665. The summed E-state index contributed by atoms with van der Waals surface area (Å²) in [6, 6.07) is 18.7. The van der Waals surface area contributed by atoms with Crippen molar-refractivity contribution in [1.29, 1.82) is 0 Å². The van der Waals surface area contributed by atoms with Gasteiger partial charge in [0.05, 0.1) is 20.6 Å². The van der Waals surface area contributed by atoms with Crippen LogP contribution in [0.15, 0.2) is 60.7 Å². The Morgan fingerprint density at radius 2 is 1.28 bits per heavy atom. The van der Waals surface area contributed by atoms with Crippen molar-refractivity contribution >= 4 is 5.97 Å². The number of hydrogen-bond acceptors (Lipinski definition) is 4. The predicted octanol–water partition coefficient (Wildman–Crippen LogP) is 8.51. The molecular weight excluding hydrogens is 548 g/mol. The second kappa shape index (κ2) is 14.3. The molecule has 0 amide bonds. The first-order valence-corrected chi connectivity index (χ1v) is 14.6. The zero-order valence-electron chi connectivity index (χ0n) is 25.4. The van der Waals surface area contributed by atoms with Gasteiger partial charge in [0, 0.05) is 24.2 Å². The maximum Gasteiger partial charge on any atom is 0.304 e. The van der Waals surface area contributed by atoms with Gasteiger partial charge in [-0.15, -0.1) is 0 Å². The van der Waals surface area contributed by atoms with Crippen molar-refractivity contribution in [3.05, 3.63) is 94.6 Å². The second-order valence-electron chi connectivity index (χ2n) is 10.7. The lowest BCUT2D eigenvalue weighted by Crippen LogP contribution is -2.18. The largest absolute Gasteiger partial charge is 0.496 e. The van der Waals surface area contributed by atoms with Crippen molar-refractivity contribution in [3.63, 3.8) is 0 Å². The normalized spacial score (nSPS) is 11.0. The van der Waals surface area contributed by atoms with Gasteiger partial charge in [-0.3, -0.25) is 4.79 Å². The van der Waals surface area contributed by atoms with Crippen LogP contribution in [0.1, 0.15) is 48.4 Å². The number of unbranched alkanes of at least 4 members (excludes halogenated alkanes) is 1. The molecule has 0 bridgehead atoms. The molecule has 0 radical (unpaired) electrons. The van der Waals surface area contributed by atoms with Gasteiger partial charge in [0.1, 0.15) is 23.1 Å². The molecule has 0 aliphatic rings. The lowest BCUT2D eigenvalue weighted by atomic mass is 9.87. The fourth-order valence-corrected chi connectivity index (χ4v) is 5.55. The molecule has 4 aromatic carbocycles. The summed E-state index contributed by atoms with van der Waals surface area (Å²) in [5, 5.41) is 11.8. The van der Waals surface area contributed by atoms with E-state index in [1.54, 1.807) is 13.2 Å². The highest BCUT2D eigenvalue weighted by Gasteiger charge is 2.18. The predicted molar refractivity (Wildman–Crippen MR) is 168 cm³/mol. The number of carboxylic acids is 1. The Morgan fingerprint density at radius 3 is 1.77 bits per heavy atom. The molecule has 43 heavy (non-hydrogen) atoms. The van der Waals surface area contributed by atoms with Crippen LogP contribution in [0.25, 0.3) is 33.4 Å². The van der Waals surface area contributed by atoms with Crippen LogP contribution >= 0.6 is 0 Å². The van der Waals surface area contributed by atoms with Gasteiger partial charge in [-0.2, -0.15) is 0 Å². The standard InChI is InChI=1S/C36H39F2NO4/c1-6-7-10-30-32(37)17-24(19-34(30)42-4)26-11-8-13-28(22(26)2)29-14-9-12-27(23(29)3)25-18-33(38)31(35(20-25)43-5)21-39-16-15-36(40)41/h8-9,11-14,17-20,39H,6-7,10,15-16,21H2,1-5H3,(H,40,41). The molecule has 226 valence electrons. The molecule has 0 saturated carbocycles. The van der Waals surface area contributed by atoms with E-state index in [-0.39, 0.29) is 25.3 Å². The fourth-order valence-electron chi connectivity index (χ4n) is 5.55. The highest BCUT2D eigenvalue weighted by Crippen LogP contribution is 2.40. The number of methoxy groups -OCH3 is 2. The van der Waals surface area contributed by atoms with Crippen molar-refractivity contribution < 1.29 is 28.2 Å². The number of rotatable bonds is 13. The van der Waals surface area contributed by atoms with E-state index in [0.29, 0.717) is 34.6 Å².